The van der Waals surface area contributed by atoms with Crippen molar-refractivity contribution < 1.29 is 4.74 Å². The van der Waals surface area contributed by atoms with Crippen LogP contribution < -0.4 is 5.73 Å². The van der Waals surface area contributed by atoms with Gasteiger partial charge in [-0.05, 0) is 30.7 Å². The van der Waals surface area contributed by atoms with E-state index in [9.17, 15) is 0 Å². The standard InChI is InChI=1S/C7H13NO.ClH/c8-3-6-5-1-2-9-4-7(5)6;/h5-7H,1-4,8H2;1H. The van der Waals surface area contributed by atoms with Gasteiger partial charge in [-0.2, -0.15) is 0 Å². The highest BCUT2D eigenvalue weighted by molar-refractivity contribution is 5.85. The van der Waals surface area contributed by atoms with Gasteiger partial charge >= 0.3 is 0 Å². The molecule has 10 heavy (non-hydrogen) atoms. The van der Waals surface area contributed by atoms with Crippen molar-refractivity contribution in [1.82, 2.24) is 0 Å². The molecule has 2 aliphatic rings. The topological polar surface area (TPSA) is 35.2 Å². The maximum atomic E-state index is 5.54. The van der Waals surface area contributed by atoms with E-state index in [2.05, 4.69) is 0 Å². The first-order valence-corrected chi connectivity index (χ1v) is 3.71. The van der Waals surface area contributed by atoms with Crippen molar-refractivity contribution in [2.45, 2.75) is 6.42 Å². The van der Waals surface area contributed by atoms with Gasteiger partial charge in [-0.15, -0.1) is 12.4 Å². The third kappa shape index (κ3) is 1.16. The number of hydrogen-bond acceptors (Lipinski definition) is 2. The van der Waals surface area contributed by atoms with Crippen LogP contribution in [0, 0.1) is 17.8 Å². The van der Waals surface area contributed by atoms with Crippen molar-refractivity contribution in [1.29, 1.82) is 0 Å². The molecule has 0 spiro atoms. The lowest BCUT2D eigenvalue weighted by atomic mass is 10.2. The quantitative estimate of drug-likeness (QED) is 0.616. The number of fused-ring (bicyclic) bond motifs is 1. The summed E-state index contributed by atoms with van der Waals surface area (Å²) in [5.41, 5.74) is 5.54. The number of nitrogens with two attached hydrogens (primary N) is 1. The molecule has 3 atom stereocenters. The molecule has 0 aromatic heterocycles. The minimum atomic E-state index is 0. The predicted molar refractivity (Wildman–Crippen MR) is 42.2 cm³/mol. The molecule has 1 saturated heterocycles. The van der Waals surface area contributed by atoms with Gasteiger partial charge in [0.05, 0.1) is 0 Å². The van der Waals surface area contributed by atoms with Crippen molar-refractivity contribution in [2.24, 2.45) is 23.5 Å². The van der Waals surface area contributed by atoms with E-state index in [0.29, 0.717) is 0 Å². The first kappa shape index (κ1) is 8.31. The Kier molecular flexibility index (Phi) is 2.55. The smallest absolute Gasteiger partial charge is 0.0500 e. The van der Waals surface area contributed by atoms with Crippen LogP contribution in [0.5, 0.6) is 0 Å². The monoisotopic (exact) mass is 163 g/mol. The fourth-order valence-electron chi connectivity index (χ4n) is 1.99. The number of ether oxygens (including phenoxy) is 1. The normalized spacial score (nSPS) is 43.5. The van der Waals surface area contributed by atoms with E-state index in [4.69, 9.17) is 10.5 Å². The molecule has 1 heterocycles. The third-order valence-electron chi connectivity index (χ3n) is 2.69. The van der Waals surface area contributed by atoms with Crippen LogP contribution in [0.3, 0.4) is 0 Å². The molecule has 0 amide bonds. The molecule has 60 valence electrons. The zero-order chi connectivity index (χ0) is 6.27. The van der Waals surface area contributed by atoms with E-state index in [1.54, 1.807) is 0 Å². The minimum Gasteiger partial charge on any atom is -0.381 e. The summed E-state index contributed by atoms with van der Waals surface area (Å²) >= 11 is 0. The van der Waals surface area contributed by atoms with Crippen molar-refractivity contribution in [2.75, 3.05) is 19.8 Å². The molecule has 3 heteroatoms. The zero-order valence-electron chi connectivity index (χ0n) is 5.95. The van der Waals surface area contributed by atoms with Crippen LogP contribution in [0.2, 0.25) is 0 Å². The predicted octanol–water partition coefficient (Wildman–Crippen LogP) is 0.649. The second kappa shape index (κ2) is 3.07. The van der Waals surface area contributed by atoms with Crippen LogP contribution in [0.25, 0.3) is 0 Å². The highest BCUT2D eigenvalue weighted by Crippen LogP contribution is 2.49. The summed E-state index contributed by atoms with van der Waals surface area (Å²) in [4.78, 5) is 0. The Balaban J connectivity index is 0.000000500. The molecule has 1 aliphatic carbocycles. The molecule has 0 bridgehead atoms. The molecular weight excluding hydrogens is 150 g/mol. The van der Waals surface area contributed by atoms with Crippen molar-refractivity contribution in [3.63, 3.8) is 0 Å². The van der Waals surface area contributed by atoms with E-state index < -0.39 is 0 Å². The molecule has 2 nitrogen and oxygen atoms in total. The van der Waals surface area contributed by atoms with Gasteiger partial charge in [0.25, 0.3) is 0 Å². The maximum absolute atomic E-state index is 5.54. The van der Waals surface area contributed by atoms with Crippen LogP contribution in [0.1, 0.15) is 6.42 Å². The molecule has 0 aromatic carbocycles. The lowest BCUT2D eigenvalue weighted by Gasteiger charge is -2.07. The maximum Gasteiger partial charge on any atom is 0.0500 e. The average molecular weight is 164 g/mol. The summed E-state index contributed by atoms with van der Waals surface area (Å²) in [6.07, 6.45) is 1.26. The molecule has 3 unspecified atom stereocenters. The summed E-state index contributed by atoms with van der Waals surface area (Å²) in [6, 6.07) is 0. The van der Waals surface area contributed by atoms with Gasteiger partial charge in [0.15, 0.2) is 0 Å². The number of halogens is 1. The highest BCUT2D eigenvalue weighted by atomic mass is 35.5. The van der Waals surface area contributed by atoms with Gasteiger partial charge in [0.1, 0.15) is 0 Å². The Morgan fingerprint density at radius 1 is 1.40 bits per heavy atom. The zero-order valence-corrected chi connectivity index (χ0v) is 6.77. The summed E-state index contributed by atoms with van der Waals surface area (Å²) in [6.45, 7) is 2.82. The van der Waals surface area contributed by atoms with E-state index in [1.165, 1.54) is 6.42 Å². The summed E-state index contributed by atoms with van der Waals surface area (Å²) in [5, 5.41) is 0. The average Bonchev–Trinajstić information content (AvgIpc) is 2.60. The lowest BCUT2D eigenvalue weighted by Crippen LogP contribution is -2.07. The van der Waals surface area contributed by atoms with E-state index >= 15 is 0 Å². The third-order valence-corrected chi connectivity index (χ3v) is 2.69. The summed E-state index contributed by atoms with van der Waals surface area (Å²) in [5.74, 6) is 2.58. The fourth-order valence-corrected chi connectivity index (χ4v) is 1.99. The minimum absolute atomic E-state index is 0. The van der Waals surface area contributed by atoms with Gasteiger partial charge in [-0.1, -0.05) is 0 Å². The van der Waals surface area contributed by atoms with Crippen LogP contribution in [-0.4, -0.2) is 19.8 Å². The molecule has 0 radical (unpaired) electrons. The Hall–Kier alpha value is 0.210. The Labute approximate surface area is 67.5 Å². The van der Waals surface area contributed by atoms with E-state index in [0.717, 1.165) is 37.5 Å². The van der Waals surface area contributed by atoms with Gasteiger partial charge in [-0.25, -0.2) is 0 Å². The van der Waals surface area contributed by atoms with Crippen LogP contribution in [0.15, 0.2) is 0 Å². The van der Waals surface area contributed by atoms with E-state index in [-0.39, 0.29) is 12.4 Å². The van der Waals surface area contributed by atoms with Gasteiger partial charge in [-0.3, -0.25) is 0 Å². The van der Waals surface area contributed by atoms with Crippen molar-refractivity contribution in [3.8, 4) is 0 Å². The SMILES string of the molecule is Cl.NCC1C2CCOCC12. The summed E-state index contributed by atoms with van der Waals surface area (Å²) < 4.78 is 5.30. The lowest BCUT2D eigenvalue weighted by molar-refractivity contribution is 0.0885. The number of hydrogen-bond donors (Lipinski definition) is 1. The largest absolute Gasteiger partial charge is 0.381 e. The Morgan fingerprint density at radius 2 is 2.20 bits per heavy atom. The van der Waals surface area contributed by atoms with Crippen molar-refractivity contribution in [3.05, 3.63) is 0 Å². The van der Waals surface area contributed by atoms with Crippen LogP contribution in [-0.2, 0) is 4.74 Å². The Morgan fingerprint density at radius 3 is 2.70 bits per heavy atom. The molecular formula is C7H14ClNO. The van der Waals surface area contributed by atoms with Gasteiger partial charge in [0, 0.05) is 13.2 Å². The van der Waals surface area contributed by atoms with E-state index in [1.807, 2.05) is 0 Å². The Bertz CT molecular complexity index is 101. The molecule has 1 aliphatic heterocycles. The molecule has 1 saturated carbocycles. The van der Waals surface area contributed by atoms with Gasteiger partial charge < -0.3 is 10.5 Å². The second-order valence-corrected chi connectivity index (χ2v) is 3.09. The fraction of sp³-hybridized carbons (Fsp3) is 1.00. The second-order valence-electron chi connectivity index (χ2n) is 3.09. The summed E-state index contributed by atoms with van der Waals surface area (Å²) in [7, 11) is 0. The molecule has 2 N–H and O–H groups in total. The molecule has 2 rings (SSSR count). The van der Waals surface area contributed by atoms with Crippen LogP contribution in [0.4, 0.5) is 0 Å². The molecule has 2 fully saturated rings. The van der Waals surface area contributed by atoms with Gasteiger partial charge in [0.2, 0.25) is 0 Å². The first-order chi connectivity index (χ1) is 4.43. The highest BCUT2D eigenvalue weighted by Gasteiger charge is 2.50. The van der Waals surface area contributed by atoms with Crippen LogP contribution >= 0.6 is 12.4 Å². The molecule has 0 aromatic rings. The first-order valence-electron chi connectivity index (χ1n) is 3.71. The number of rotatable bonds is 1. The van der Waals surface area contributed by atoms with Crippen molar-refractivity contribution >= 4 is 12.4 Å².